The third-order valence-electron chi connectivity index (χ3n) is 8.81. The van der Waals surface area contributed by atoms with E-state index < -0.39 is 12.3 Å². The number of amides is 1. The zero-order valence-corrected chi connectivity index (χ0v) is 26.3. The summed E-state index contributed by atoms with van der Waals surface area (Å²) in [6.07, 6.45) is 1.30. The maximum atomic E-state index is 12.3. The van der Waals surface area contributed by atoms with E-state index in [9.17, 15) is 14.7 Å². The lowest BCUT2D eigenvalue weighted by molar-refractivity contribution is -0.276. The number of carboxylic acid groups (broad SMARTS) is 1. The first-order chi connectivity index (χ1) is 22.9. The van der Waals surface area contributed by atoms with Crippen molar-refractivity contribution >= 4 is 22.9 Å². The smallest absolute Gasteiger partial charge is 0.303 e. The summed E-state index contributed by atoms with van der Waals surface area (Å²) >= 11 is 0. The van der Waals surface area contributed by atoms with Gasteiger partial charge in [-0.25, -0.2) is 4.98 Å². The molecule has 1 aromatic heterocycles. The number of imidazole rings is 1. The third kappa shape index (κ3) is 7.60. The van der Waals surface area contributed by atoms with Crippen LogP contribution in [-0.4, -0.2) is 37.7 Å². The Labute approximate surface area is 273 Å². The monoisotopic (exact) mass is 633 g/mol. The average molecular weight is 634 g/mol. The van der Waals surface area contributed by atoms with E-state index in [4.69, 9.17) is 14.6 Å². The molecule has 6 rings (SSSR count). The Morgan fingerprint density at radius 1 is 0.872 bits per heavy atom. The second-order valence-electron chi connectivity index (χ2n) is 12.0. The maximum absolute atomic E-state index is 12.3. The SMILES string of the molecule is C[C@@H]1[C@H](Cn2cnc3ccccc32)O[C@H](c2ccc(-c3ccccc3CNC(=O)CCCC(=O)O)cc2)O[C@@H]1c1ccc(CO)cc1. The van der Waals surface area contributed by atoms with E-state index in [0.717, 1.165) is 44.4 Å². The van der Waals surface area contributed by atoms with Crippen molar-refractivity contribution in [2.75, 3.05) is 0 Å². The Morgan fingerprint density at radius 2 is 1.60 bits per heavy atom. The van der Waals surface area contributed by atoms with Crippen LogP contribution in [0.4, 0.5) is 0 Å². The predicted octanol–water partition coefficient (Wildman–Crippen LogP) is 6.56. The fourth-order valence-electron chi connectivity index (χ4n) is 6.14. The number of hydrogen-bond donors (Lipinski definition) is 3. The van der Waals surface area contributed by atoms with Crippen molar-refractivity contribution in [1.29, 1.82) is 0 Å². The molecule has 1 aliphatic rings. The van der Waals surface area contributed by atoms with Crippen LogP contribution in [0.3, 0.4) is 0 Å². The summed E-state index contributed by atoms with van der Waals surface area (Å²) in [6, 6.07) is 32.0. The highest BCUT2D eigenvalue weighted by Gasteiger charge is 2.38. The van der Waals surface area contributed by atoms with Gasteiger partial charge in [0, 0.05) is 30.9 Å². The van der Waals surface area contributed by atoms with Gasteiger partial charge in [-0.05, 0) is 46.4 Å². The largest absolute Gasteiger partial charge is 0.481 e. The molecule has 4 aromatic carbocycles. The Hall–Kier alpha value is -4.83. The first-order valence-corrected chi connectivity index (χ1v) is 16.0. The summed E-state index contributed by atoms with van der Waals surface area (Å²) in [5.41, 5.74) is 7.71. The number of benzene rings is 4. The molecule has 4 atom stereocenters. The van der Waals surface area contributed by atoms with Gasteiger partial charge in [0.1, 0.15) is 0 Å². The molecule has 0 spiro atoms. The van der Waals surface area contributed by atoms with Crippen LogP contribution in [0.15, 0.2) is 103 Å². The molecule has 1 fully saturated rings. The molecular formula is C38H39N3O6. The van der Waals surface area contributed by atoms with E-state index in [0.29, 0.717) is 19.5 Å². The number of ether oxygens (including phenoxy) is 2. The molecule has 1 saturated heterocycles. The highest BCUT2D eigenvalue weighted by molar-refractivity contribution is 5.77. The van der Waals surface area contributed by atoms with E-state index in [1.54, 1.807) is 0 Å². The fourth-order valence-corrected chi connectivity index (χ4v) is 6.14. The Balaban J connectivity index is 1.22. The van der Waals surface area contributed by atoms with E-state index in [-0.39, 0.29) is 43.5 Å². The van der Waals surface area contributed by atoms with Crippen LogP contribution in [0.25, 0.3) is 22.2 Å². The normalized spacial score (nSPS) is 19.4. The molecule has 47 heavy (non-hydrogen) atoms. The molecule has 242 valence electrons. The zero-order chi connectivity index (χ0) is 32.8. The molecule has 0 aliphatic carbocycles. The number of carbonyl (C=O) groups is 2. The summed E-state index contributed by atoms with van der Waals surface area (Å²) in [7, 11) is 0. The minimum absolute atomic E-state index is 0.0158. The van der Waals surface area contributed by atoms with Gasteiger partial charge in [0.15, 0.2) is 6.29 Å². The van der Waals surface area contributed by atoms with E-state index in [1.165, 1.54) is 0 Å². The van der Waals surface area contributed by atoms with Gasteiger partial charge in [-0.1, -0.05) is 91.9 Å². The van der Waals surface area contributed by atoms with Crippen LogP contribution in [-0.2, 0) is 38.8 Å². The second kappa shape index (κ2) is 14.7. The van der Waals surface area contributed by atoms with Crippen molar-refractivity contribution in [2.24, 2.45) is 5.92 Å². The number of aromatic nitrogens is 2. The maximum Gasteiger partial charge on any atom is 0.303 e. The minimum atomic E-state index is -0.903. The van der Waals surface area contributed by atoms with Crippen LogP contribution in [0.1, 0.15) is 60.8 Å². The number of para-hydroxylation sites is 2. The van der Waals surface area contributed by atoms with Gasteiger partial charge in [-0.3, -0.25) is 9.59 Å². The number of hydrogen-bond acceptors (Lipinski definition) is 6. The number of rotatable bonds is 12. The lowest BCUT2D eigenvalue weighted by atomic mass is 9.90. The number of aliphatic carboxylic acids is 1. The fraction of sp³-hybridized carbons (Fsp3) is 0.289. The number of nitrogens with zero attached hydrogens (tertiary/aromatic N) is 2. The predicted molar refractivity (Wildman–Crippen MR) is 178 cm³/mol. The molecule has 3 N–H and O–H groups in total. The first kappa shape index (κ1) is 32.1. The first-order valence-electron chi connectivity index (χ1n) is 16.0. The lowest BCUT2D eigenvalue weighted by Crippen LogP contribution is -2.39. The van der Waals surface area contributed by atoms with Crippen LogP contribution >= 0.6 is 0 Å². The van der Waals surface area contributed by atoms with Gasteiger partial charge < -0.3 is 29.6 Å². The van der Waals surface area contributed by atoms with Crippen LogP contribution < -0.4 is 5.32 Å². The second-order valence-corrected chi connectivity index (χ2v) is 12.0. The number of fused-ring (bicyclic) bond motifs is 1. The minimum Gasteiger partial charge on any atom is -0.481 e. The van der Waals surface area contributed by atoms with Gasteiger partial charge in [-0.2, -0.15) is 0 Å². The molecule has 0 bridgehead atoms. The van der Waals surface area contributed by atoms with Gasteiger partial charge in [0.05, 0.1) is 42.7 Å². The van der Waals surface area contributed by atoms with Gasteiger partial charge in [0.25, 0.3) is 0 Å². The van der Waals surface area contributed by atoms with Crippen molar-refractivity contribution in [2.45, 2.75) is 64.4 Å². The van der Waals surface area contributed by atoms with Crippen molar-refractivity contribution in [3.63, 3.8) is 0 Å². The van der Waals surface area contributed by atoms with E-state index >= 15 is 0 Å². The number of aliphatic hydroxyl groups is 1. The van der Waals surface area contributed by atoms with Gasteiger partial charge in [0.2, 0.25) is 5.91 Å². The van der Waals surface area contributed by atoms with Crippen LogP contribution in [0, 0.1) is 5.92 Å². The summed E-state index contributed by atoms with van der Waals surface area (Å²) in [5.74, 6) is -1.05. The lowest BCUT2D eigenvalue weighted by Gasteiger charge is -2.41. The van der Waals surface area contributed by atoms with Crippen molar-refractivity contribution in [3.8, 4) is 11.1 Å². The Kier molecular flexibility index (Phi) is 10.1. The molecule has 1 aliphatic heterocycles. The Bertz CT molecular complexity index is 1820. The molecule has 0 radical (unpaired) electrons. The van der Waals surface area contributed by atoms with Crippen molar-refractivity contribution < 1.29 is 29.3 Å². The molecule has 0 saturated carbocycles. The highest BCUT2D eigenvalue weighted by Crippen LogP contribution is 2.42. The average Bonchev–Trinajstić information content (AvgIpc) is 3.51. The molecule has 9 heteroatoms. The highest BCUT2D eigenvalue weighted by atomic mass is 16.7. The van der Waals surface area contributed by atoms with E-state index in [1.807, 2.05) is 97.3 Å². The quantitative estimate of drug-likeness (QED) is 0.142. The van der Waals surface area contributed by atoms with Crippen molar-refractivity contribution in [3.05, 3.63) is 126 Å². The molecular weight excluding hydrogens is 594 g/mol. The van der Waals surface area contributed by atoms with Gasteiger partial charge in [-0.15, -0.1) is 0 Å². The van der Waals surface area contributed by atoms with Crippen molar-refractivity contribution in [1.82, 2.24) is 14.9 Å². The van der Waals surface area contributed by atoms with Crippen LogP contribution in [0.5, 0.6) is 0 Å². The molecule has 9 nitrogen and oxygen atoms in total. The van der Waals surface area contributed by atoms with E-state index in [2.05, 4.69) is 27.9 Å². The third-order valence-corrected chi connectivity index (χ3v) is 8.81. The zero-order valence-electron chi connectivity index (χ0n) is 26.3. The Morgan fingerprint density at radius 3 is 2.36 bits per heavy atom. The summed E-state index contributed by atoms with van der Waals surface area (Å²) in [6.45, 7) is 3.09. The summed E-state index contributed by atoms with van der Waals surface area (Å²) in [5, 5.41) is 21.3. The molecule has 5 aromatic rings. The molecule has 1 amide bonds. The summed E-state index contributed by atoms with van der Waals surface area (Å²) < 4.78 is 15.5. The number of carboxylic acids is 1. The standard InChI is InChI=1S/C38H39N3O6/c1-25-34(22-41-24-40-32-9-4-5-10-33(32)41)46-38(47-37(25)28-15-13-26(23-42)14-16-28)29-19-17-27(18-20-29)31-8-3-2-7-30(31)21-39-35(43)11-6-12-36(44)45/h2-5,7-10,13-20,24-25,34,37-38,42H,6,11-12,21-23H2,1H3,(H,39,43)(H,44,45)/t25-,34+,37+,38+/m1/s1. The summed E-state index contributed by atoms with van der Waals surface area (Å²) in [4.78, 5) is 27.6. The number of nitrogens with one attached hydrogen (secondary N) is 1. The van der Waals surface area contributed by atoms with Gasteiger partial charge >= 0.3 is 5.97 Å². The van der Waals surface area contributed by atoms with Crippen LogP contribution in [0.2, 0.25) is 0 Å². The molecule has 0 unspecified atom stereocenters. The number of aliphatic hydroxyl groups excluding tert-OH is 1. The number of carbonyl (C=O) groups excluding carboxylic acids is 1. The molecule has 2 heterocycles. The topological polar surface area (TPSA) is 123 Å².